The van der Waals surface area contributed by atoms with Crippen molar-refractivity contribution in [2.45, 2.75) is 26.9 Å². The fourth-order valence-electron chi connectivity index (χ4n) is 3.59. The Kier molecular flexibility index (Phi) is 6.23. The normalized spacial score (nSPS) is 10.9. The van der Waals surface area contributed by atoms with E-state index in [0.717, 1.165) is 27.6 Å². The van der Waals surface area contributed by atoms with Gasteiger partial charge in [0.2, 0.25) is 0 Å². The number of amides is 2. The van der Waals surface area contributed by atoms with E-state index in [1.54, 1.807) is 31.7 Å². The summed E-state index contributed by atoms with van der Waals surface area (Å²) in [5.41, 5.74) is 4.47. The summed E-state index contributed by atoms with van der Waals surface area (Å²) in [6.07, 6.45) is 3.74. The summed E-state index contributed by atoms with van der Waals surface area (Å²) in [7, 11) is 0. The van der Waals surface area contributed by atoms with Gasteiger partial charge in [0.25, 0.3) is 5.91 Å². The Hall–Kier alpha value is -3.98. The summed E-state index contributed by atoms with van der Waals surface area (Å²) in [6.45, 7) is 4.40. The van der Waals surface area contributed by atoms with Crippen molar-refractivity contribution < 1.29 is 14.7 Å². The molecule has 0 unspecified atom stereocenters. The van der Waals surface area contributed by atoms with Gasteiger partial charge in [0, 0.05) is 36.6 Å². The Balaban J connectivity index is 1.42. The third kappa shape index (κ3) is 5.27. The van der Waals surface area contributed by atoms with Gasteiger partial charge in [0.15, 0.2) is 0 Å². The number of aryl methyl sites for hydroxylation is 2. The van der Waals surface area contributed by atoms with Crippen LogP contribution < -0.4 is 10.6 Å². The van der Waals surface area contributed by atoms with Gasteiger partial charge in [-0.25, -0.2) is 14.8 Å². The van der Waals surface area contributed by atoms with E-state index in [0.29, 0.717) is 23.0 Å². The molecule has 9 nitrogen and oxygen atoms in total. The quantitative estimate of drug-likeness (QED) is 0.393. The van der Waals surface area contributed by atoms with Gasteiger partial charge in [-0.3, -0.25) is 15.1 Å². The Morgan fingerprint density at radius 1 is 1.15 bits per heavy atom. The number of benzene rings is 1. The highest BCUT2D eigenvalue weighted by Gasteiger charge is 2.13. The maximum Gasteiger partial charge on any atom is 0.410 e. The first-order valence-electron chi connectivity index (χ1n) is 10.1. The molecule has 0 saturated carbocycles. The van der Waals surface area contributed by atoms with Gasteiger partial charge < -0.3 is 15.0 Å². The number of carboxylic acid groups (broad SMARTS) is 1. The second-order valence-corrected chi connectivity index (χ2v) is 8.05. The molecule has 3 aromatic heterocycles. The summed E-state index contributed by atoms with van der Waals surface area (Å²) < 4.78 is 1.83. The maximum atomic E-state index is 12.6. The van der Waals surface area contributed by atoms with Crippen molar-refractivity contribution in [2.24, 2.45) is 0 Å². The van der Waals surface area contributed by atoms with Crippen LogP contribution >= 0.6 is 11.6 Å². The third-order valence-electron chi connectivity index (χ3n) is 5.16. The predicted molar refractivity (Wildman–Crippen MR) is 125 cm³/mol. The average Bonchev–Trinajstić information content (AvgIpc) is 3.21. The van der Waals surface area contributed by atoms with Gasteiger partial charge in [-0.15, -0.1) is 0 Å². The molecule has 0 fully saturated rings. The van der Waals surface area contributed by atoms with E-state index in [-0.39, 0.29) is 18.3 Å². The highest BCUT2D eigenvalue weighted by molar-refractivity contribution is 6.31. The zero-order valence-electron chi connectivity index (χ0n) is 18.0. The molecule has 3 heterocycles. The monoisotopic (exact) mass is 464 g/mol. The van der Waals surface area contributed by atoms with Crippen molar-refractivity contribution in [3.05, 3.63) is 82.2 Å². The standard InChI is InChI=1S/C23H21ClN6O3/c1-13-5-21(29-23(32)33)28-14(2)18(13)9-26-22(31)20-11-30(12-27-20)10-15-3-4-19-16(6-15)7-17(24)8-25-19/h3-8,11-12H,9-10H2,1-2H3,(H,26,31)(H,28,29)(H,32,33). The lowest BCUT2D eigenvalue weighted by molar-refractivity contribution is 0.0946. The predicted octanol–water partition coefficient (Wildman–Crippen LogP) is 4.16. The first-order valence-corrected chi connectivity index (χ1v) is 10.5. The molecule has 0 radical (unpaired) electrons. The zero-order chi connectivity index (χ0) is 23.5. The van der Waals surface area contributed by atoms with E-state index in [9.17, 15) is 9.59 Å². The van der Waals surface area contributed by atoms with Crippen LogP contribution in [0.15, 0.2) is 49.1 Å². The minimum atomic E-state index is -1.18. The van der Waals surface area contributed by atoms with Crippen LogP contribution in [0.2, 0.25) is 5.02 Å². The fraction of sp³-hybridized carbons (Fsp3) is 0.174. The highest BCUT2D eigenvalue weighted by atomic mass is 35.5. The number of anilines is 1. The second kappa shape index (κ2) is 9.25. The van der Waals surface area contributed by atoms with Crippen LogP contribution in [0.5, 0.6) is 0 Å². The number of fused-ring (bicyclic) bond motifs is 1. The Morgan fingerprint density at radius 3 is 2.73 bits per heavy atom. The molecular weight excluding hydrogens is 444 g/mol. The van der Waals surface area contributed by atoms with Crippen molar-refractivity contribution in [2.75, 3.05) is 5.32 Å². The molecule has 4 rings (SSSR count). The largest absolute Gasteiger partial charge is 0.465 e. The number of nitrogens with one attached hydrogen (secondary N) is 2. The van der Waals surface area contributed by atoms with Crippen molar-refractivity contribution in [3.8, 4) is 0 Å². The SMILES string of the molecule is Cc1cc(NC(=O)O)nc(C)c1CNC(=O)c1cn(Cc2ccc3ncc(Cl)cc3c2)cn1. The number of rotatable bonds is 6. The van der Waals surface area contributed by atoms with Crippen molar-refractivity contribution >= 4 is 40.3 Å². The van der Waals surface area contributed by atoms with Crippen molar-refractivity contribution in [3.63, 3.8) is 0 Å². The molecule has 3 N–H and O–H groups in total. The van der Waals surface area contributed by atoms with Gasteiger partial charge in [0.1, 0.15) is 11.5 Å². The van der Waals surface area contributed by atoms with Crippen LogP contribution in [0.1, 0.15) is 32.9 Å². The zero-order valence-corrected chi connectivity index (χ0v) is 18.7. The van der Waals surface area contributed by atoms with E-state index < -0.39 is 6.09 Å². The first kappa shape index (κ1) is 22.2. The minimum absolute atomic E-state index is 0.248. The molecule has 168 valence electrons. The number of carbonyl (C=O) groups excluding carboxylic acids is 1. The summed E-state index contributed by atoms with van der Waals surface area (Å²) in [5.74, 6) is -0.0622. The molecule has 0 saturated heterocycles. The van der Waals surface area contributed by atoms with Crippen LogP contribution in [0.4, 0.5) is 10.6 Å². The topological polar surface area (TPSA) is 122 Å². The number of imidazole rings is 1. The minimum Gasteiger partial charge on any atom is -0.465 e. The summed E-state index contributed by atoms with van der Waals surface area (Å²) in [6, 6.07) is 9.41. The molecular formula is C23H21ClN6O3. The molecule has 0 spiro atoms. The van der Waals surface area contributed by atoms with Crippen LogP contribution in [-0.2, 0) is 13.1 Å². The van der Waals surface area contributed by atoms with Gasteiger partial charge in [-0.1, -0.05) is 17.7 Å². The van der Waals surface area contributed by atoms with Crippen LogP contribution in [-0.4, -0.2) is 36.6 Å². The number of halogens is 1. The number of aromatic nitrogens is 4. The van der Waals surface area contributed by atoms with Crippen molar-refractivity contribution in [1.29, 1.82) is 0 Å². The van der Waals surface area contributed by atoms with Crippen LogP contribution in [0.3, 0.4) is 0 Å². The molecule has 0 aliphatic heterocycles. The van der Waals surface area contributed by atoms with E-state index in [1.165, 1.54) is 0 Å². The smallest absolute Gasteiger partial charge is 0.410 e. The Bertz CT molecular complexity index is 1340. The van der Waals surface area contributed by atoms with Crippen LogP contribution in [0, 0.1) is 13.8 Å². The molecule has 1 aromatic carbocycles. The van der Waals surface area contributed by atoms with Gasteiger partial charge >= 0.3 is 6.09 Å². The van der Waals surface area contributed by atoms with Gasteiger partial charge in [0.05, 0.1) is 16.9 Å². The fourth-order valence-corrected chi connectivity index (χ4v) is 3.75. The van der Waals surface area contributed by atoms with E-state index in [1.807, 2.05) is 35.8 Å². The molecule has 33 heavy (non-hydrogen) atoms. The summed E-state index contributed by atoms with van der Waals surface area (Å²) >= 11 is 6.04. The van der Waals surface area contributed by atoms with Gasteiger partial charge in [-0.2, -0.15) is 0 Å². The Morgan fingerprint density at radius 2 is 1.97 bits per heavy atom. The molecule has 2 amide bonds. The number of hydrogen-bond acceptors (Lipinski definition) is 5. The third-order valence-corrected chi connectivity index (χ3v) is 5.36. The summed E-state index contributed by atoms with van der Waals surface area (Å²) in [4.78, 5) is 36.2. The molecule has 10 heteroatoms. The first-order chi connectivity index (χ1) is 15.8. The highest BCUT2D eigenvalue weighted by Crippen LogP contribution is 2.19. The van der Waals surface area contributed by atoms with Gasteiger partial charge in [-0.05, 0) is 54.8 Å². The average molecular weight is 465 g/mol. The van der Waals surface area contributed by atoms with E-state index in [4.69, 9.17) is 16.7 Å². The van der Waals surface area contributed by atoms with Crippen molar-refractivity contribution in [1.82, 2.24) is 24.8 Å². The molecule has 0 atom stereocenters. The van der Waals surface area contributed by atoms with E-state index >= 15 is 0 Å². The second-order valence-electron chi connectivity index (χ2n) is 7.61. The lowest BCUT2D eigenvalue weighted by Gasteiger charge is -2.12. The lowest BCUT2D eigenvalue weighted by atomic mass is 10.1. The van der Waals surface area contributed by atoms with Crippen LogP contribution in [0.25, 0.3) is 10.9 Å². The molecule has 0 bridgehead atoms. The lowest BCUT2D eigenvalue weighted by Crippen LogP contribution is -2.24. The number of nitrogens with zero attached hydrogens (tertiary/aromatic N) is 4. The number of pyridine rings is 2. The molecule has 0 aliphatic rings. The number of hydrogen-bond donors (Lipinski definition) is 3. The summed E-state index contributed by atoms with van der Waals surface area (Å²) in [5, 5.41) is 15.5. The van der Waals surface area contributed by atoms with E-state index in [2.05, 4.69) is 25.6 Å². The molecule has 4 aromatic rings. The maximum absolute atomic E-state index is 12.6. The number of carbonyl (C=O) groups is 2. The Labute approximate surface area is 194 Å². The molecule has 0 aliphatic carbocycles.